The number of hydrogen-bond donors (Lipinski definition) is 1. The molecule has 0 aliphatic rings. The van der Waals surface area contributed by atoms with Crippen LogP contribution in [0.2, 0.25) is 0 Å². The van der Waals surface area contributed by atoms with Gasteiger partial charge in [-0.25, -0.2) is 0 Å². The molecule has 2 nitrogen and oxygen atoms in total. The molecule has 0 spiro atoms. The lowest BCUT2D eigenvalue weighted by Crippen LogP contribution is -2.04. The Morgan fingerprint density at radius 3 is 1.72 bits per heavy atom. The molecule has 0 aromatic heterocycles. The van der Waals surface area contributed by atoms with Crippen LogP contribution >= 0.6 is 12.4 Å². The highest BCUT2D eigenvalue weighted by molar-refractivity contribution is 5.85. The van der Waals surface area contributed by atoms with Gasteiger partial charge in [0.15, 0.2) is 0 Å². The SMILES string of the molecule is COc1ccc(-c2ccc([C@H](C)N)cc2)cc1.Cl. The zero-order chi connectivity index (χ0) is 12.3. The molecule has 0 heterocycles. The van der Waals surface area contributed by atoms with Gasteiger partial charge in [-0.05, 0) is 35.7 Å². The molecular formula is C15H18ClNO. The van der Waals surface area contributed by atoms with Crippen LogP contribution in [0, 0.1) is 0 Å². The smallest absolute Gasteiger partial charge is 0.118 e. The molecule has 0 fully saturated rings. The lowest BCUT2D eigenvalue weighted by molar-refractivity contribution is 0.415. The third kappa shape index (κ3) is 3.25. The second kappa shape index (κ2) is 6.43. The molecule has 96 valence electrons. The molecular weight excluding hydrogens is 246 g/mol. The van der Waals surface area contributed by atoms with Crippen molar-refractivity contribution in [2.24, 2.45) is 5.73 Å². The maximum atomic E-state index is 5.82. The summed E-state index contributed by atoms with van der Waals surface area (Å²) in [5, 5.41) is 0. The normalized spacial score (nSPS) is 11.5. The molecule has 0 aliphatic carbocycles. The Morgan fingerprint density at radius 2 is 1.33 bits per heavy atom. The molecule has 0 amide bonds. The standard InChI is InChI=1S/C15H17NO.ClH/c1-11(16)12-3-5-13(6-4-12)14-7-9-15(17-2)10-8-14;/h3-11H,16H2,1-2H3;1H/t11-;/m0./s1. The maximum Gasteiger partial charge on any atom is 0.118 e. The third-order valence-electron chi connectivity index (χ3n) is 2.86. The number of hydrogen-bond acceptors (Lipinski definition) is 2. The van der Waals surface area contributed by atoms with Crippen LogP contribution in [0.4, 0.5) is 0 Å². The summed E-state index contributed by atoms with van der Waals surface area (Å²) in [7, 11) is 1.67. The van der Waals surface area contributed by atoms with Crippen LogP contribution in [0.15, 0.2) is 48.5 Å². The third-order valence-corrected chi connectivity index (χ3v) is 2.86. The van der Waals surface area contributed by atoms with Gasteiger partial charge in [0, 0.05) is 6.04 Å². The topological polar surface area (TPSA) is 35.2 Å². The second-order valence-electron chi connectivity index (χ2n) is 4.14. The molecule has 0 saturated carbocycles. The van der Waals surface area contributed by atoms with E-state index in [-0.39, 0.29) is 18.4 Å². The summed E-state index contributed by atoms with van der Waals surface area (Å²) >= 11 is 0. The predicted octanol–water partition coefficient (Wildman–Crippen LogP) is 3.80. The molecule has 18 heavy (non-hydrogen) atoms. The molecule has 0 unspecified atom stereocenters. The molecule has 2 aromatic rings. The van der Waals surface area contributed by atoms with Gasteiger partial charge in [-0.1, -0.05) is 36.4 Å². The minimum atomic E-state index is 0. The van der Waals surface area contributed by atoms with Crippen molar-refractivity contribution < 1.29 is 4.74 Å². The van der Waals surface area contributed by atoms with Crippen molar-refractivity contribution in [2.75, 3.05) is 7.11 Å². The molecule has 0 radical (unpaired) electrons. The van der Waals surface area contributed by atoms with Crippen molar-refractivity contribution in [3.8, 4) is 16.9 Å². The average Bonchev–Trinajstić information content (AvgIpc) is 2.39. The first-order valence-electron chi connectivity index (χ1n) is 5.70. The lowest BCUT2D eigenvalue weighted by Gasteiger charge is -2.07. The number of nitrogens with two attached hydrogens (primary N) is 1. The highest BCUT2D eigenvalue weighted by atomic mass is 35.5. The molecule has 2 N–H and O–H groups in total. The molecule has 0 bridgehead atoms. The van der Waals surface area contributed by atoms with Gasteiger partial charge in [-0.15, -0.1) is 12.4 Å². The van der Waals surface area contributed by atoms with Gasteiger partial charge >= 0.3 is 0 Å². The Bertz CT molecular complexity index is 477. The fourth-order valence-corrected chi connectivity index (χ4v) is 1.76. The highest BCUT2D eigenvalue weighted by Gasteiger charge is 2.01. The Labute approximate surface area is 114 Å². The average molecular weight is 264 g/mol. The van der Waals surface area contributed by atoms with Gasteiger partial charge in [0.05, 0.1) is 7.11 Å². The van der Waals surface area contributed by atoms with Crippen molar-refractivity contribution in [3.63, 3.8) is 0 Å². The number of halogens is 1. The van der Waals surface area contributed by atoms with Crippen molar-refractivity contribution >= 4 is 12.4 Å². The maximum absolute atomic E-state index is 5.82. The first kappa shape index (κ1) is 14.6. The van der Waals surface area contributed by atoms with E-state index < -0.39 is 0 Å². The monoisotopic (exact) mass is 263 g/mol. The van der Waals surface area contributed by atoms with E-state index in [0.717, 1.165) is 11.3 Å². The largest absolute Gasteiger partial charge is 0.497 e. The van der Waals surface area contributed by atoms with Crippen LogP contribution in [0.25, 0.3) is 11.1 Å². The van der Waals surface area contributed by atoms with Gasteiger partial charge in [0.1, 0.15) is 5.75 Å². The zero-order valence-electron chi connectivity index (χ0n) is 10.6. The van der Waals surface area contributed by atoms with E-state index in [0.29, 0.717) is 0 Å². The summed E-state index contributed by atoms with van der Waals surface area (Å²) < 4.78 is 5.14. The van der Waals surface area contributed by atoms with Crippen LogP contribution in [-0.4, -0.2) is 7.11 Å². The quantitative estimate of drug-likeness (QED) is 0.914. The lowest BCUT2D eigenvalue weighted by atomic mass is 10.0. The summed E-state index contributed by atoms with van der Waals surface area (Å²) in [6, 6.07) is 16.5. The van der Waals surface area contributed by atoms with E-state index >= 15 is 0 Å². The predicted molar refractivity (Wildman–Crippen MR) is 78.3 cm³/mol. The molecule has 0 aliphatic heterocycles. The van der Waals surface area contributed by atoms with Crippen molar-refractivity contribution in [1.82, 2.24) is 0 Å². The van der Waals surface area contributed by atoms with E-state index in [9.17, 15) is 0 Å². The minimum absolute atomic E-state index is 0. The highest BCUT2D eigenvalue weighted by Crippen LogP contribution is 2.23. The van der Waals surface area contributed by atoms with Gasteiger partial charge in [0.2, 0.25) is 0 Å². The van der Waals surface area contributed by atoms with Gasteiger partial charge < -0.3 is 10.5 Å². The first-order chi connectivity index (χ1) is 8.20. The first-order valence-corrected chi connectivity index (χ1v) is 5.70. The van der Waals surface area contributed by atoms with E-state index in [1.807, 2.05) is 19.1 Å². The van der Waals surface area contributed by atoms with Gasteiger partial charge in [0.25, 0.3) is 0 Å². The summed E-state index contributed by atoms with van der Waals surface area (Å²) in [6.07, 6.45) is 0. The molecule has 0 saturated heterocycles. The fraction of sp³-hybridized carbons (Fsp3) is 0.200. The number of methoxy groups -OCH3 is 1. The van der Waals surface area contributed by atoms with E-state index in [1.54, 1.807) is 7.11 Å². The van der Waals surface area contributed by atoms with Gasteiger partial charge in [-0.2, -0.15) is 0 Å². The number of ether oxygens (including phenoxy) is 1. The Balaban J connectivity index is 0.00000162. The van der Waals surface area contributed by atoms with Crippen molar-refractivity contribution in [3.05, 3.63) is 54.1 Å². The van der Waals surface area contributed by atoms with E-state index in [1.165, 1.54) is 11.1 Å². The van der Waals surface area contributed by atoms with Crippen LogP contribution in [0.3, 0.4) is 0 Å². The zero-order valence-corrected chi connectivity index (χ0v) is 11.4. The Hall–Kier alpha value is -1.51. The van der Waals surface area contributed by atoms with Crippen LogP contribution in [-0.2, 0) is 0 Å². The summed E-state index contributed by atoms with van der Waals surface area (Å²) in [6.45, 7) is 1.99. The number of rotatable bonds is 3. The second-order valence-corrected chi connectivity index (χ2v) is 4.14. The van der Waals surface area contributed by atoms with Crippen LogP contribution in [0.1, 0.15) is 18.5 Å². The van der Waals surface area contributed by atoms with E-state index in [4.69, 9.17) is 10.5 Å². The molecule has 3 heteroatoms. The van der Waals surface area contributed by atoms with E-state index in [2.05, 4.69) is 36.4 Å². The van der Waals surface area contributed by atoms with Crippen LogP contribution in [0.5, 0.6) is 5.75 Å². The minimum Gasteiger partial charge on any atom is -0.497 e. The van der Waals surface area contributed by atoms with Gasteiger partial charge in [-0.3, -0.25) is 0 Å². The van der Waals surface area contributed by atoms with Crippen molar-refractivity contribution in [2.45, 2.75) is 13.0 Å². The summed E-state index contributed by atoms with van der Waals surface area (Å²) in [4.78, 5) is 0. The van der Waals surface area contributed by atoms with Crippen LogP contribution < -0.4 is 10.5 Å². The Kier molecular flexibility index (Phi) is 5.20. The Morgan fingerprint density at radius 1 is 0.889 bits per heavy atom. The molecule has 1 atom stereocenters. The number of benzene rings is 2. The summed E-state index contributed by atoms with van der Waals surface area (Å²) in [5.74, 6) is 0.876. The summed E-state index contributed by atoms with van der Waals surface area (Å²) in [5.41, 5.74) is 9.35. The fourth-order valence-electron chi connectivity index (χ4n) is 1.76. The van der Waals surface area contributed by atoms with Crippen molar-refractivity contribution in [1.29, 1.82) is 0 Å². The molecule has 2 aromatic carbocycles. The molecule has 2 rings (SSSR count).